The third-order valence-corrected chi connectivity index (χ3v) is 4.83. The van der Waals surface area contributed by atoms with Crippen molar-refractivity contribution in [3.8, 4) is 0 Å². The number of nitrogens with two attached hydrogens (primary N) is 1. The van der Waals surface area contributed by atoms with E-state index in [0.717, 1.165) is 18.1 Å². The van der Waals surface area contributed by atoms with Crippen molar-refractivity contribution in [1.82, 2.24) is 0 Å². The largest absolute Gasteiger partial charge is 0.326 e. The first kappa shape index (κ1) is 16.3. The van der Waals surface area contributed by atoms with Gasteiger partial charge in [-0.15, -0.1) is 11.8 Å². The second-order valence-electron chi connectivity index (χ2n) is 4.74. The maximum absolute atomic E-state index is 13.3. The lowest BCUT2D eigenvalue weighted by atomic mass is 10.0. The van der Waals surface area contributed by atoms with Gasteiger partial charge in [0, 0.05) is 21.2 Å². The molecule has 2 N–H and O–H groups in total. The molecule has 5 heteroatoms. The van der Waals surface area contributed by atoms with E-state index in [1.807, 2.05) is 25.1 Å². The third kappa shape index (κ3) is 4.19. The monoisotopic (exact) mass is 327 g/mol. The highest BCUT2D eigenvalue weighted by Crippen LogP contribution is 2.39. The highest BCUT2D eigenvalue weighted by atomic mass is 35.5. The molecule has 2 rings (SSSR count). The van der Waals surface area contributed by atoms with Crippen LogP contribution in [0.2, 0.25) is 5.02 Å². The van der Waals surface area contributed by atoms with Gasteiger partial charge in [-0.05, 0) is 42.3 Å². The summed E-state index contributed by atoms with van der Waals surface area (Å²) in [7, 11) is 0. The van der Waals surface area contributed by atoms with Crippen LogP contribution in [0.25, 0.3) is 0 Å². The molecule has 0 spiro atoms. The lowest BCUT2D eigenvalue weighted by Gasteiger charge is -2.23. The minimum absolute atomic E-state index is 0.0708. The molecule has 0 heterocycles. The van der Waals surface area contributed by atoms with Crippen LogP contribution in [0.5, 0.6) is 0 Å². The molecule has 0 saturated heterocycles. The maximum atomic E-state index is 13.3. The molecule has 2 unspecified atom stereocenters. The quantitative estimate of drug-likeness (QED) is 0.765. The summed E-state index contributed by atoms with van der Waals surface area (Å²) in [6.07, 6.45) is 0.772. The summed E-state index contributed by atoms with van der Waals surface area (Å²) in [5.41, 5.74) is 7.16. The molecule has 0 radical (unpaired) electrons. The lowest BCUT2D eigenvalue weighted by molar-refractivity contribution is 0.506. The SMILES string of the molecule is CCC(N)C(Sc1ccc(F)c(F)c1)c1cccc(Cl)c1. The van der Waals surface area contributed by atoms with Crippen LogP contribution in [-0.2, 0) is 0 Å². The Morgan fingerprint density at radius 1 is 1.14 bits per heavy atom. The topological polar surface area (TPSA) is 26.0 Å². The molecule has 0 aliphatic rings. The van der Waals surface area contributed by atoms with Crippen LogP contribution in [0.3, 0.4) is 0 Å². The van der Waals surface area contributed by atoms with Crippen molar-refractivity contribution in [3.63, 3.8) is 0 Å². The Balaban J connectivity index is 2.30. The molecule has 1 nitrogen and oxygen atoms in total. The number of rotatable bonds is 5. The maximum Gasteiger partial charge on any atom is 0.159 e. The fourth-order valence-electron chi connectivity index (χ4n) is 2.00. The molecular formula is C16H16ClF2NS. The lowest BCUT2D eigenvalue weighted by Crippen LogP contribution is -2.25. The van der Waals surface area contributed by atoms with Crippen molar-refractivity contribution < 1.29 is 8.78 Å². The molecule has 0 amide bonds. The van der Waals surface area contributed by atoms with Crippen LogP contribution in [0.15, 0.2) is 47.4 Å². The molecule has 2 atom stereocenters. The standard InChI is InChI=1S/C16H16ClF2NS/c1-2-15(20)16(10-4-3-5-11(17)8-10)21-12-6-7-13(18)14(19)9-12/h3-9,15-16H,2,20H2,1H3. The molecule has 0 aliphatic heterocycles. The highest BCUT2D eigenvalue weighted by molar-refractivity contribution is 7.99. The van der Waals surface area contributed by atoms with Gasteiger partial charge in [0.05, 0.1) is 0 Å². The number of halogens is 3. The Bertz CT molecular complexity index is 621. The molecule has 0 aromatic heterocycles. The van der Waals surface area contributed by atoms with E-state index in [0.29, 0.717) is 9.92 Å². The Kier molecular flexibility index (Phi) is 5.62. The van der Waals surface area contributed by atoms with Crippen LogP contribution in [-0.4, -0.2) is 6.04 Å². The first-order valence-electron chi connectivity index (χ1n) is 6.64. The van der Waals surface area contributed by atoms with Crippen LogP contribution in [0.4, 0.5) is 8.78 Å². The minimum Gasteiger partial charge on any atom is -0.326 e. The fourth-order valence-corrected chi connectivity index (χ4v) is 3.46. The fraction of sp³-hybridized carbons (Fsp3) is 0.250. The van der Waals surface area contributed by atoms with Crippen LogP contribution in [0, 0.1) is 11.6 Å². The summed E-state index contributed by atoms with van der Waals surface area (Å²) in [5.74, 6) is -1.70. The summed E-state index contributed by atoms with van der Waals surface area (Å²) in [6.45, 7) is 1.99. The molecule has 0 fully saturated rings. The number of benzene rings is 2. The Hall–Kier alpha value is -1.10. The zero-order chi connectivity index (χ0) is 15.4. The predicted molar refractivity (Wildman–Crippen MR) is 84.7 cm³/mol. The highest BCUT2D eigenvalue weighted by Gasteiger charge is 2.20. The molecule has 2 aromatic carbocycles. The summed E-state index contributed by atoms with van der Waals surface area (Å²) in [5, 5.41) is 0.560. The average molecular weight is 328 g/mol. The Morgan fingerprint density at radius 2 is 1.90 bits per heavy atom. The van der Waals surface area contributed by atoms with Crippen molar-refractivity contribution in [2.45, 2.75) is 29.5 Å². The number of hydrogen-bond acceptors (Lipinski definition) is 2. The average Bonchev–Trinajstić information content (AvgIpc) is 2.47. The van der Waals surface area contributed by atoms with Gasteiger partial charge in [0.1, 0.15) is 0 Å². The van der Waals surface area contributed by atoms with Crippen molar-refractivity contribution in [1.29, 1.82) is 0 Å². The molecule has 0 bridgehead atoms. The van der Waals surface area contributed by atoms with Gasteiger partial charge < -0.3 is 5.73 Å². The summed E-state index contributed by atoms with van der Waals surface area (Å²) >= 11 is 7.44. The van der Waals surface area contributed by atoms with Gasteiger partial charge in [-0.3, -0.25) is 0 Å². The predicted octanol–water partition coefficient (Wildman–Crippen LogP) is 5.19. The molecular weight excluding hydrogens is 312 g/mol. The molecule has 2 aromatic rings. The van der Waals surface area contributed by atoms with E-state index in [9.17, 15) is 8.78 Å². The first-order valence-corrected chi connectivity index (χ1v) is 7.89. The van der Waals surface area contributed by atoms with Crippen LogP contribution >= 0.6 is 23.4 Å². The van der Waals surface area contributed by atoms with Gasteiger partial charge in [0.25, 0.3) is 0 Å². The molecule has 21 heavy (non-hydrogen) atoms. The van der Waals surface area contributed by atoms with Gasteiger partial charge in [-0.1, -0.05) is 30.7 Å². The van der Waals surface area contributed by atoms with Crippen molar-refractivity contribution in [3.05, 3.63) is 64.7 Å². The van der Waals surface area contributed by atoms with E-state index in [-0.39, 0.29) is 11.3 Å². The van der Waals surface area contributed by atoms with E-state index in [2.05, 4.69) is 0 Å². The smallest absolute Gasteiger partial charge is 0.159 e. The van der Waals surface area contributed by atoms with E-state index >= 15 is 0 Å². The van der Waals surface area contributed by atoms with Gasteiger partial charge in [0.2, 0.25) is 0 Å². The number of hydrogen-bond donors (Lipinski definition) is 1. The second kappa shape index (κ2) is 7.25. The van der Waals surface area contributed by atoms with E-state index in [4.69, 9.17) is 17.3 Å². The van der Waals surface area contributed by atoms with Crippen molar-refractivity contribution in [2.75, 3.05) is 0 Å². The zero-order valence-corrected chi connectivity index (χ0v) is 13.1. The number of thioether (sulfide) groups is 1. The summed E-state index contributed by atoms with van der Waals surface area (Å²) < 4.78 is 26.3. The zero-order valence-electron chi connectivity index (χ0n) is 11.5. The molecule has 0 aliphatic carbocycles. The third-order valence-electron chi connectivity index (χ3n) is 3.19. The summed E-state index contributed by atoms with van der Waals surface area (Å²) in [4.78, 5) is 0.641. The minimum atomic E-state index is -0.852. The Morgan fingerprint density at radius 3 is 2.52 bits per heavy atom. The van der Waals surface area contributed by atoms with Gasteiger partial charge in [-0.25, -0.2) is 8.78 Å². The van der Waals surface area contributed by atoms with E-state index < -0.39 is 11.6 Å². The second-order valence-corrected chi connectivity index (χ2v) is 6.39. The van der Waals surface area contributed by atoms with E-state index in [1.54, 1.807) is 12.1 Å². The molecule has 0 saturated carbocycles. The van der Waals surface area contributed by atoms with Crippen LogP contribution < -0.4 is 5.73 Å². The van der Waals surface area contributed by atoms with Gasteiger partial charge in [-0.2, -0.15) is 0 Å². The van der Waals surface area contributed by atoms with Gasteiger partial charge >= 0.3 is 0 Å². The first-order chi connectivity index (χ1) is 10.0. The van der Waals surface area contributed by atoms with E-state index in [1.165, 1.54) is 17.8 Å². The van der Waals surface area contributed by atoms with Crippen molar-refractivity contribution in [2.24, 2.45) is 5.73 Å². The summed E-state index contributed by atoms with van der Waals surface area (Å²) in [6, 6.07) is 11.2. The molecule has 112 valence electrons. The Labute approximate surface area is 132 Å². The normalized spacial score (nSPS) is 14.0. The van der Waals surface area contributed by atoms with Gasteiger partial charge in [0.15, 0.2) is 11.6 Å². The van der Waals surface area contributed by atoms with Crippen molar-refractivity contribution >= 4 is 23.4 Å². The van der Waals surface area contributed by atoms with Crippen LogP contribution in [0.1, 0.15) is 24.2 Å².